The molecule has 1 saturated heterocycles. The van der Waals surface area contributed by atoms with E-state index in [-0.39, 0.29) is 18.0 Å². The molecule has 1 fully saturated rings. The van der Waals surface area contributed by atoms with Gasteiger partial charge in [-0.05, 0) is 43.2 Å². The highest BCUT2D eigenvalue weighted by molar-refractivity contribution is 6.48. The minimum atomic E-state index is -0.732. The molecule has 1 N–H and O–H groups in total. The number of nitrogens with one attached hydrogen (secondary N) is 1. The molecule has 1 aromatic heterocycles. The van der Waals surface area contributed by atoms with Gasteiger partial charge in [0.05, 0.1) is 5.56 Å². The summed E-state index contributed by atoms with van der Waals surface area (Å²) in [5.74, 6) is -1.34. The number of amides is 2. The molecule has 0 atom stereocenters. The summed E-state index contributed by atoms with van der Waals surface area (Å²) in [5, 5.41) is 3.81. The van der Waals surface area contributed by atoms with Crippen LogP contribution in [0.2, 0.25) is 5.02 Å². The zero-order valence-electron chi connectivity index (χ0n) is 17.1. The summed E-state index contributed by atoms with van der Waals surface area (Å²) in [7, 11) is 0. The summed E-state index contributed by atoms with van der Waals surface area (Å²) in [6, 6.07) is 13.9. The first-order valence-electron chi connectivity index (χ1n) is 10.5. The van der Waals surface area contributed by atoms with Crippen LogP contribution in [0.3, 0.4) is 0 Å². The van der Waals surface area contributed by atoms with Gasteiger partial charge in [-0.25, -0.2) is 0 Å². The van der Waals surface area contributed by atoms with Crippen molar-refractivity contribution in [1.82, 2.24) is 9.47 Å². The number of para-hydroxylation sites is 1. The predicted molar refractivity (Wildman–Crippen MR) is 121 cm³/mol. The quantitative estimate of drug-likeness (QED) is 0.471. The number of anilines is 1. The van der Waals surface area contributed by atoms with Crippen LogP contribution in [0.4, 0.5) is 5.69 Å². The second kappa shape index (κ2) is 9.35. The number of benzene rings is 2. The maximum absolute atomic E-state index is 12.9. The van der Waals surface area contributed by atoms with Gasteiger partial charge in [-0.3, -0.25) is 14.4 Å². The molecule has 0 aliphatic carbocycles. The Bertz CT molecular complexity index is 1110. The third kappa shape index (κ3) is 4.80. The second-order valence-electron chi connectivity index (χ2n) is 7.77. The number of carbonyl (C=O) groups is 3. The van der Waals surface area contributed by atoms with E-state index in [1.165, 1.54) is 0 Å². The normalized spacial score (nSPS) is 14.3. The van der Waals surface area contributed by atoms with Crippen LogP contribution in [0.15, 0.2) is 54.7 Å². The molecule has 4 rings (SSSR count). The molecule has 0 spiro atoms. The van der Waals surface area contributed by atoms with Crippen LogP contribution in [-0.2, 0) is 16.1 Å². The fraction of sp³-hybridized carbons (Fsp3) is 0.292. The number of ketones is 1. The van der Waals surface area contributed by atoms with Crippen LogP contribution in [0.5, 0.6) is 0 Å². The van der Waals surface area contributed by atoms with Gasteiger partial charge in [0.2, 0.25) is 5.91 Å². The number of hydrogen-bond donors (Lipinski definition) is 1. The lowest BCUT2D eigenvalue weighted by atomic mass is 10.1. The van der Waals surface area contributed by atoms with Gasteiger partial charge in [-0.15, -0.1) is 0 Å². The summed E-state index contributed by atoms with van der Waals surface area (Å²) >= 11 is 5.87. The minimum Gasteiger partial charge on any atom is -0.341 e. The number of rotatable bonds is 5. The Balaban J connectivity index is 1.57. The van der Waals surface area contributed by atoms with Gasteiger partial charge in [-0.1, -0.05) is 42.6 Å². The van der Waals surface area contributed by atoms with Crippen molar-refractivity contribution in [3.05, 3.63) is 65.3 Å². The molecule has 0 bridgehead atoms. The van der Waals surface area contributed by atoms with Gasteiger partial charge in [0.1, 0.15) is 6.54 Å². The molecule has 0 saturated carbocycles. The van der Waals surface area contributed by atoms with Crippen LogP contribution in [0.1, 0.15) is 36.0 Å². The highest BCUT2D eigenvalue weighted by Gasteiger charge is 2.23. The van der Waals surface area contributed by atoms with Gasteiger partial charge in [-0.2, -0.15) is 0 Å². The minimum absolute atomic E-state index is 0.0345. The van der Waals surface area contributed by atoms with E-state index in [1.54, 1.807) is 41.1 Å². The fourth-order valence-electron chi connectivity index (χ4n) is 3.97. The van der Waals surface area contributed by atoms with Gasteiger partial charge in [0.15, 0.2) is 0 Å². The second-order valence-corrected chi connectivity index (χ2v) is 8.21. The van der Waals surface area contributed by atoms with Crippen LogP contribution in [0.25, 0.3) is 10.9 Å². The number of nitrogens with zero attached hydrogens (tertiary/aromatic N) is 2. The molecular formula is C24H24ClN3O3. The highest BCUT2D eigenvalue weighted by Crippen LogP contribution is 2.23. The third-order valence-electron chi connectivity index (χ3n) is 5.61. The topological polar surface area (TPSA) is 71.4 Å². The Morgan fingerprint density at radius 1 is 0.903 bits per heavy atom. The monoisotopic (exact) mass is 437 g/mol. The maximum atomic E-state index is 12.9. The number of likely N-dealkylation sites (tertiary alicyclic amines) is 1. The number of fused-ring (bicyclic) bond motifs is 1. The Morgan fingerprint density at radius 2 is 1.58 bits per heavy atom. The number of halogens is 1. The number of aromatic nitrogens is 1. The van der Waals surface area contributed by atoms with Crippen LogP contribution in [0, 0.1) is 0 Å². The molecule has 2 aromatic carbocycles. The zero-order chi connectivity index (χ0) is 21.8. The summed E-state index contributed by atoms with van der Waals surface area (Å²) in [6.45, 7) is 1.69. The molecule has 0 radical (unpaired) electrons. The van der Waals surface area contributed by atoms with Crippen LogP contribution < -0.4 is 5.32 Å². The average Bonchev–Trinajstić information content (AvgIpc) is 2.94. The lowest BCUT2D eigenvalue weighted by Crippen LogP contribution is -2.34. The van der Waals surface area contributed by atoms with E-state index in [0.717, 1.165) is 44.3 Å². The molecule has 7 heteroatoms. The van der Waals surface area contributed by atoms with Crippen LogP contribution in [-0.4, -0.2) is 40.2 Å². The van der Waals surface area contributed by atoms with Gasteiger partial charge in [0.25, 0.3) is 11.7 Å². The van der Waals surface area contributed by atoms with Gasteiger partial charge >= 0.3 is 0 Å². The molecule has 0 unspecified atom stereocenters. The average molecular weight is 438 g/mol. The Labute approximate surface area is 185 Å². The largest absolute Gasteiger partial charge is 0.341 e. The van der Waals surface area contributed by atoms with E-state index in [0.29, 0.717) is 16.1 Å². The zero-order valence-corrected chi connectivity index (χ0v) is 17.9. The van der Waals surface area contributed by atoms with Crippen molar-refractivity contribution in [2.24, 2.45) is 0 Å². The van der Waals surface area contributed by atoms with Crippen molar-refractivity contribution in [3.8, 4) is 0 Å². The van der Waals surface area contributed by atoms with Crippen LogP contribution >= 0.6 is 11.6 Å². The highest BCUT2D eigenvalue weighted by atomic mass is 35.5. The van der Waals surface area contributed by atoms with E-state index in [4.69, 9.17) is 11.6 Å². The first-order valence-corrected chi connectivity index (χ1v) is 10.9. The number of carbonyl (C=O) groups excluding carboxylic acids is 3. The van der Waals surface area contributed by atoms with Crippen molar-refractivity contribution < 1.29 is 14.4 Å². The van der Waals surface area contributed by atoms with Crippen molar-refractivity contribution >= 4 is 45.8 Å². The molecule has 31 heavy (non-hydrogen) atoms. The van der Waals surface area contributed by atoms with Crippen molar-refractivity contribution in [2.75, 3.05) is 18.4 Å². The molecular weight excluding hydrogens is 414 g/mol. The van der Waals surface area contributed by atoms with Gasteiger partial charge in [0, 0.05) is 40.9 Å². The predicted octanol–water partition coefficient (Wildman–Crippen LogP) is 4.52. The molecule has 2 heterocycles. The smallest absolute Gasteiger partial charge is 0.296 e. The lowest BCUT2D eigenvalue weighted by Gasteiger charge is -2.20. The molecule has 2 amide bonds. The molecule has 1 aliphatic heterocycles. The van der Waals surface area contributed by atoms with E-state index in [1.807, 2.05) is 23.1 Å². The lowest BCUT2D eigenvalue weighted by molar-refractivity contribution is -0.131. The van der Waals surface area contributed by atoms with E-state index in [2.05, 4.69) is 5.32 Å². The first-order chi connectivity index (χ1) is 15.0. The van der Waals surface area contributed by atoms with E-state index in [9.17, 15) is 14.4 Å². The van der Waals surface area contributed by atoms with Crippen molar-refractivity contribution in [3.63, 3.8) is 0 Å². The van der Waals surface area contributed by atoms with E-state index >= 15 is 0 Å². The van der Waals surface area contributed by atoms with Crippen molar-refractivity contribution in [1.29, 1.82) is 0 Å². The Hall–Kier alpha value is -3.12. The molecule has 3 aromatic rings. The number of hydrogen-bond acceptors (Lipinski definition) is 3. The summed E-state index contributed by atoms with van der Waals surface area (Å²) in [5.41, 5.74) is 1.53. The Kier molecular flexibility index (Phi) is 6.37. The molecule has 1 aliphatic rings. The maximum Gasteiger partial charge on any atom is 0.296 e. The summed E-state index contributed by atoms with van der Waals surface area (Å²) < 4.78 is 1.77. The molecule has 6 nitrogen and oxygen atoms in total. The summed E-state index contributed by atoms with van der Waals surface area (Å²) in [4.78, 5) is 40.3. The first kappa shape index (κ1) is 21.1. The SMILES string of the molecule is O=C(Nc1ccc(Cl)cc1)C(=O)c1cn(CC(=O)N2CCCCCC2)c2ccccc12. The Morgan fingerprint density at radius 3 is 2.29 bits per heavy atom. The van der Waals surface area contributed by atoms with Gasteiger partial charge < -0.3 is 14.8 Å². The molecule has 160 valence electrons. The summed E-state index contributed by atoms with van der Waals surface area (Å²) in [6.07, 6.45) is 5.96. The van der Waals surface area contributed by atoms with E-state index < -0.39 is 11.7 Å². The van der Waals surface area contributed by atoms with Crippen molar-refractivity contribution in [2.45, 2.75) is 32.2 Å². The third-order valence-corrected chi connectivity index (χ3v) is 5.86. The fourth-order valence-corrected chi connectivity index (χ4v) is 4.09. The standard InChI is InChI=1S/C24H24ClN3O3/c25-17-9-11-18(12-10-17)26-24(31)23(30)20-15-28(21-8-4-3-7-19(20)21)16-22(29)27-13-5-1-2-6-14-27/h3-4,7-12,15H,1-2,5-6,13-14,16H2,(H,26,31). The number of Topliss-reactive ketones (excluding diaryl/α,β-unsaturated/α-hetero) is 1.